The van der Waals surface area contributed by atoms with E-state index in [-0.39, 0.29) is 68.1 Å². The maximum atomic E-state index is 13.7. The average Bonchev–Trinajstić information content (AvgIpc) is 3.39. The number of ether oxygens (including phenoxy) is 6. The third-order valence-electron chi connectivity index (χ3n) is 15.0. The molecule has 0 saturated heterocycles. The van der Waals surface area contributed by atoms with Gasteiger partial charge in [0.05, 0.1) is 48.5 Å². The van der Waals surface area contributed by atoms with Gasteiger partial charge < -0.3 is 28.9 Å². The monoisotopic (exact) mass is 982 g/mol. The number of nitrogens with zero attached hydrogens (tertiary/aromatic N) is 4. The van der Waals surface area contributed by atoms with Crippen molar-refractivity contribution in [1.82, 2.24) is 31.0 Å². The molecule has 2 aromatic rings. The predicted molar refractivity (Wildman–Crippen MR) is 189 cm³/mol. The Morgan fingerprint density at radius 1 is 0.567 bits per heavy atom. The molecule has 0 spiro atoms. The minimum Gasteiger partial charge on any atom is -0.424 e. The first-order valence-electron chi connectivity index (χ1n) is 21.6. The lowest BCUT2D eigenvalue weighted by Crippen LogP contribution is -2.77. The van der Waals surface area contributed by atoms with Crippen molar-refractivity contribution in [1.29, 1.82) is 0 Å². The molecule has 0 radical (unpaired) electrons. The number of aromatic nitrogens is 4. The van der Waals surface area contributed by atoms with Crippen molar-refractivity contribution in [3.05, 3.63) is 23.6 Å². The van der Waals surface area contributed by atoms with E-state index < -0.39 is 120 Å². The molecule has 2 amide bonds. The number of rotatable bonds is 19. The van der Waals surface area contributed by atoms with Crippen molar-refractivity contribution in [2.45, 2.75) is 154 Å². The lowest BCUT2D eigenvalue weighted by atomic mass is 9.39. The first-order valence-corrected chi connectivity index (χ1v) is 21.6. The van der Waals surface area contributed by atoms with Gasteiger partial charge in [-0.25, -0.2) is 0 Å². The summed E-state index contributed by atoms with van der Waals surface area (Å²) in [5.41, 5.74) is -2.53. The summed E-state index contributed by atoms with van der Waals surface area (Å²) >= 11 is 0. The molecule has 6 unspecified atom stereocenters. The molecule has 2 heterocycles. The van der Waals surface area contributed by atoms with Crippen LogP contribution in [0, 0.1) is 23.7 Å². The zero-order valence-electron chi connectivity index (χ0n) is 34.8. The molecule has 2 N–H and O–H groups in total. The van der Waals surface area contributed by atoms with Crippen LogP contribution in [-0.4, -0.2) is 120 Å². The second-order valence-electron chi connectivity index (χ2n) is 19.8. The van der Waals surface area contributed by atoms with Crippen LogP contribution in [0.25, 0.3) is 0 Å². The fourth-order valence-electron chi connectivity index (χ4n) is 12.0. The summed E-state index contributed by atoms with van der Waals surface area (Å²) in [6.07, 6.45) is -20.5. The number of nitrogens with one attached hydrogen (secondary N) is 2. The van der Waals surface area contributed by atoms with Crippen LogP contribution in [0.15, 0.2) is 8.83 Å². The predicted octanol–water partition coefficient (Wildman–Crippen LogP) is 6.02. The maximum absolute atomic E-state index is 13.7. The summed E-state index contributed by atoms with van der Waals surface area (Å²) < 4.78 is 194. The van der Waals surface area contributed by atoms with Crippen molar-refractivity contribution in [3.63, 3.8) is 0 Å². The molecule has 10 fully saturated rings. The first-order chi connectivity index (χ1) is 31.2. The topological polar surface area (TPSA) is 191 Å². The van der Waals surface area contributed by atoms with E-state index in [1.165, 1.54) is 0 Å². The van der Waals surface area contributed by atoms with Gasteiger partial charge in [-0.1, -0.05) is 0 Å². The highest BCUT2D eigenvalue weighted by atomic mass is 19.4. The first kappa shape index (κ1) is 46.8. The Kier molecular flexibility index (Phi) is 11.1. The lowest BCUT2D eigenvalue weighted by molar-refractivity contribution is -0.362. The molecule has 10 aliphatic rings. The second-order valence-corrected chi connectivity index (χ2v) is 19.8. The van der Waals surface area contributed by atoms with Gasteiger partial charge in [-0.2, -0.15) is 0 Å². The number of carbonyl (C=O) groups is 2. The Morgan fingerprint density at radius 3 is 1.55 bits per heavy atom. The van der Waals surface area contributed by atoms with Crippen LogP contribution in [0.1, 0.15) is 106 Å². The van der Waals surface area contributed by atoms with Crippen molar-refractivity contribution in [3.8, 4) is 0 Å². The third kappa shape index (κ3) is 9.46. The molecule has 28 heteroatoms. The fraction of sp³-hybridized carbons (Fsp3) is 0.846. The minimum absolute atomic E-state index is 0.0174. The van der Waals surface area contributed by atoms with Crippen LogP contribution in [0.4, 0.5) is 52.7 Å². The summed E-state index contributed by atoms with van der Waals surface area (Å²) in [5.74, 6) is -5.98. The second kappa shape index (κ2) is 15.8. The SMILES string of the molecule is O=C(COC1CC(COC(F)(F)F)C1)NC12CC(c3nnc(C4CC(OC(F)(F)F)C4C4C(COC(F)(F)F)C4c4nnc(C56CC(NC(=O)COC7CC(OC(F)(F)F)C7)(C5)C6)o4)o3)(C1)C2. The Bertz CT molecular complexity index is 2170. The zero-order valence-corrected chi connectivity index (χ0v) is 34.8. The smallest absolute Gasteiger partial charge is 0.424 e. The molecule has 10 saturated carbocycles. The molecular weight excluding hydrogens is 940 g/mol. The van der Waals surface area contributed by atoms with E-state index in [0.717, 1.165) is 0 Å². The lowest BCUT2D eigenvalue weighted by Gasteiger charge is -2.68. The number of alkyl halides is 12. The molecule has 372 valence electrons. The summed E-state index contributed by atoms with van der Waals surface area (Å²) in [5, 5.41) is 22.4. The van der Waals surface area contributed by atoms with Crippen LogP contribution >= 0.6 is 0 Å². The van der Waals surface area contributed by atoms with Crippen LogP contribution in [0.2, 0.25) is 0 Å². The van der Waals surface area contributed by atoms with E-state index in [0.29, 0.717) is 51.4 Å². The van der Waals surface area contributed by atoms with Gasteiger partial charge in [-0.15, -0.1) is 73.1 Å². The standard InChI is InChI=1S/C39H42F12N6O10/c40-36(41,42)62-6-16-1-17(2-16)60-8-23(58)52-34-10-32(11-34,12-34)30-56-54-28(64-30)20-5-22(67-39(49,50)51)25(20)26-21(7-63-37(43,44)45)27(26)29-55-57-31(65-29)33-13-35(14-33,15-33)53-24(59)9-61-18-3-19(4-18)66-38(46,47)48/h16-22,25-27H,1-15H2,(H,52,58)(H,53,59). The summed E-state index contributed by atoms with van der Waals surface area (Å²) in [7, 11) is 0. The number of halogens is 12. The molecule has 12 rings (SSSR count). The largest absolute Gasteiger partial charge is 0.522 e. The normalized spacial score (nSPS) is 39.3. The molecule has 67 heavy (non-hydrogen) atoms. The van der Waals surface area contributed by atoms with Crippen molar-refractivity contribution < 1.29 is 99.5 Å². The zero-order chi connectivity index (χ0) is 47.7. The Balaban J connectivity index is 0.741. The van der Waals surface area contributed by atoms with Gasteiger partial charge in [0, 0.05) is 41.7 Å². The Labute approximate surface area is 370 Å². The third-order valence-corrected chi connectivity index (χ3v) is 15.0. The number of hydrogen-bond donors (Lipinski definition) is 2. The molecule has 2 aromatic heterocycles. The molecular formula is C39H42F12N6O10. The van der Waals surface area contributed by atoms with Gasteiger partial charge in [-0.05, 0) is 75.5 Å². The molecule has 0 aliphatic heterocycles. The number of carbonyl (C=O) groups excluding carboxylic acids is 2. The van der Waals surface area contributed by atoms with Crippen molar-refractivity contribution in [2.24, 2.45) is 23.7 Å². The molecule has 6 atom stereocenters. The minimum atomic E-state index is -5.09. The Morgan fingerprint density at radius 2 is 1.04 bits per heavy atom. The van der Waals surface area contributed by atoms with E-state index in [2.05, 4.69) is 50.0 Å². The fourth-order valence-corrected chi connectivity index (χ4v) is 12.0. The van der Waals surface area contributed by atoms with Gasteiger partial charge in [0.2, 0.25) is 35.4 Å². The highest BCUT2D eigenvalue weighted by molar-refractivity contribution is 5.79. The van der Waals surface area contributed by atoms with Gasteiger partial charge in [0.15, 0.2) is 0 Å². The van der Waals surface area contributed by atoms with Gasteiger partial charge >= 0.3 is 25.4 Å². The van der Waals surface area contributed by atoms with E-state index in [9.17, 15) is 62.3 Å². The number of amides is 2. The maximum Gasteiger partial charge on any atom is 0.522 e. The van der Waals surface area contributed by atoms with E-state index >= 15 is 0 Å². The van der Waals surface area contributed by atoms with E-state index in [4.69, 9.17) is 18.3 Å². The molecule has 4 bridgehead atoms. The van der Waals surface area contributed by atoms with Gasteiger partial charge in [-0.3, -0.25) is 28.5 Å². The summed E-state index contributed by atoms with van der Waals surface area (Å²) in [4.78, 5) is 25.2. The van der Waals surface area contributed by atoms with Crippen LogP contribution < -0.4 is 10.6 Å². The molecule has 0 aromatic carbocycles. The molecule has 10 aliphatic carbocycles. The van der Waals surface area contributed by atoms with Crippen LogP contribution in [0.3, 0.4) is 0 Å². The van der Waals surface area contributed by atoms with E-state index in [1.807, 2.05) is 0 Å². The highest BCUT2D eigenvalue weighted by Gasteiger charge is 2.74. The van der Waals surface area contributed by atoms with Crippen molar-refractivity contribution >= 4 is 11.8 Å². The molecule has 16 nitrogen and oxygen atoms in total. The summed E-state index contributed by atoms with van der Waals surface area (Å²) in [6.45, 7) is -2.11. The van der Waals surface area contributed by atoms with Crippen molar-refractivity contribution in [2.75, 3.05) is 26.4 Å². The highest BCUT2D eigenvalue weighted by Crippen LogP contribution is 2.70. The van der Waals surface area contributed by atoms with Gasteiger partial charge in [0.1, 0.15) is 13.2 Å². The average molecular weight is 983 g/mol. The summed E-state index contributed by atoms with van der Waals surface area (Å²) in [6, 6.07) is 0. The van der Waals surface area contributed by atoms with E-state index in [1.54, 1.807) is 0 Å². The van der Waals surface area contributed by atoms with Crippen LogP contribution in [0.5, 0.6) is 0 Å². The quantitative estimate of drug-likeness (QED) is 0.155. The van der Waals surface area contributed by atoms with Gasteiger partial charge in [0.25, 0.3) is 0 Å². The Hall–Kier alpha value is -3.86. The number of hydrogen-bond acceptors (Lipinski definition) is 14. The van der Waals surface area contributed by atoms with Crippen LogP contribution in [-0.2, 0) is 48.8 Å².